The average Bonchev–Trinajstić information content (AvgIpc) is 2.85. The predicted molar refractivity (Wildman–Crippen MR) is 81.8 cm³/mol. The van der Waals surface area contributed by atoms with Crippen LogP contribution in [0.15, 0.2) is 24.3 Å². The summed E-state index contributed by atoms with van der Waals surface area (Å²) in [6.45, 7) is 7.37. The van der Waals surface area contributed by atoms with Gasteiger partial charge in [0.2, 0.25) is 5.13 Å². The summed E-state index contributed by atoms with van der Waals surface area (Å²) in [6.07, 6.45) is 2.05. The number of benzene rings is 1. The van der Waals surface area contributed by atoms with Crippen molar-refractivity contribution in [3.8, 4) is 0 Å². The summed E-state index contributed by atoms with van der Waals surface area (Å²) < 4.78 is 4.32. The molecule has 19 heavy (non-hydrogen) atoms. The lowest BCUT2D eigenvalue weighted by Gasteiger charge is -2.07. The van der Waals surface area contributed by atoms with Crippen LogP contribution < -0.4 is 5.32 Å². The van der Waals surface area contributed by atoms with Crippen LogP contribution in [0, 0.1) is 0 Å². The minimum Gasteiger partial charge on any atom is -0.356 e. The van der Waals surface area contributed by atoms with E-state index in [4.69, 9.17) is 0 Å². The fourth-order valence-electron chi connectivity index (χ4n) is 1.85. The Morgan fingerprint density at radius 3 is 2.58 bits per heavy atom. The lowest BCUT2D eigenvalue weighted by molar-refractivity contribution is 0.860. The van der Waals surface area contributed by atoms with E-state index in [-0.39, 0.29) is 0 Å². The highest BCUT2D eigenvalue weighted by Gasteiger charge is 2.03. The van der Waals surface area contributed by atoms with Gasteiger partial charge in [-0.3, -0.25) is 0 Å². The van der Waals surface area contributed by atoms with Crippen molar-refractivity contribution >= 4 is 16.7 Å². The zero-order valence-electron chi connectivity index (χ0n) is 11.8. The molecule has 102 valence electrons. The summed E-state index contributed by atoms with van der Waals surface area (Å²) in [7, 11) is 0. The maximum Gasteiger partial charge on any atom is 0.202 e. The topological polar surface area (TPSA) is 37.8 Å². The number of hydrogen-bond acceptors (Lipinski definition) is 4. The molecule has 0 saturated carbocycles. The van der Waals surface area contributed by atoms with Crippen LogP contribution in [0.2, 0.25) is 0 Å². The molecule has 1 N–H and O–H groups in total. The zero-order valence-corrected chi connectivity index (χ0v) is 12.6. The summed E-state index contributed by atoms with van der Waals surface area (Å²) in [4.78, 5) is 4.46. The van der Waals surface area contributed by atoms with E-state index in [2.05, 4.69) is 59.7 Å². The molecule has 0 bridgehead atoms. The Labute approximate surface area is 119 Å². The molecule has 2 aromatic rings. The molecule has 0 aliphatic carbocycles. The van der Waals surface area contributed by atoms with Gasteiger partial charge in [0.05, 0.1) is 0 Å². The Bertz CT molecular complexity index is 502. The molecule has 0 unspecified atom stereocenters. The van der Waals surface area contributed by atoms with Gasteiger partial charge in [0.25, 0.3) is 0 Å². The van der Waals surface area contributed by atoms with E-state index in [9.17, 15) is 0 Å². The summed E-state index contributed by atoms with van der Waals surface area (Å²) in [5.41, 5.74) is 2.65. The molecule has 0 aliphatic heterocycles. The molecule has 4 heteroatoms. The van der Waals surface area contributed by atoms with Gasteiger partial charge in [-0.05, 0) is 23.5 Å². The molecule has 1 heterocycles. The molecule has 0 amide bonds. The summed E-state index contributed by atoms with van der Waals surface area (Å²) in [5, 5.41) is 4.25. The van der Waals surface area contributed by atoms with Gasteiger partial charge in [0.15, 0.2) is 0 Å². The first-order chi connectivity index (χ1) is 9.19. The van der Waals surface area contributed by atoms with Crippen molar-refractivity contribution in [1.29, 1.82) is 0 Å². The lowest BCUT2D eigenvalue weighted by Crippen LogP contribution is -1.99. The van der Waals surface area contributed by atoms with Gasteiger partial charge >= 0.3 is 0 Å². The maximum absolute atomic E-state index is 4.46. The van der Waals surface area contributed by atoms with E-state index >= 15 is 0 Å². The van der Waals surface area contributed by atoms with Crippen LogP contribution in [0.25, 0.3) is 0 Å². The van der Waals surface area contributed by atoms with Crippen molar-refractivity contribution in [3.05, 3.63) is 41.2 Å². The molecule has 2 rings (SSSR count). The first kappa shape index (κ1) is 14.0. The van der Waals surface area contributed by atoms with Crippen molar-refractivity contribution in [2.75, 3.05) is 5.32 Å². The van der Waals surface area contributed by atoms with Crippen molar-refractivity contribution in [2.45, 2.75) is 46.1 Å². The highest BCUT2D eigenvalue weighted by atomic mass is 32.1. The monoisotopic (exact) mass is 275 g/mol. The standard InChI is InChI=1S/C15H21N3S/c1-4-5-14-17-15(19-18-14)16-10-12-6-8-13(9-7-12)11(2)3/h6-9,11H,4-5,10H2,1-3H3,(H,16,17,18). The Morgan fingerprint density at radius 1 is 1.21 bits per heavy atom. The normalized spacial score (nSPS) is 10.9. The molecule has 0 atom stereocenters. The first-order valence-electron chi connectivity index (χ1n) is 6.84. The average molecular weight is 275 g/mol. The van der Waals surface area contributed by atoms with E-state index in [1.54, 1.807) is 0 Å². The lowest BCUT2D eigenvalue weighted by atomic mass is 10.0. The van der Waals surface area contributed by atoms with Crippen molar-refractivity contribution in [1.82, 2.24) is 9.36 Å². The number of nitrogens with one attached hydrogen (secondary N) is 1. The van der Waals surface area contributed by atoms with Gasteiger partial charge < -0.3 is 5.32 Å². The van der Waals surface area contributed by atoms with E-state index in [0.29, 0.717) is 5.92 Å². The van der Waals surface area contributed by atoms with E-state index in [1.165, 1.54) is 22.7 Å². The van der Waals surface area contributed by atoms with E-state index < -0.39 is 0 Å². The predicted octanol–water partition coefficient (Wildman–Crippen LogP) is 4.23. The van der Waals surface area contributed by atoms with Gasteiger partial charge in [-0.15, -0.1) is 0 Å². The second-order valence-electron chi connectivity index (χ2n) is 5.02. The number of aryl methyl sites for hydroxylation is 1. The molecular weight excluding hydrogens is 254 g/mol. The quantitative estimate of drug-likeness (QED) is 0.857. The maximum atomic E-state index is 4.46. The summed E-state index contributed by atoms with van der Waals surface area (Å²) in [5.74, 6) is 1.53. The molecule has 0 fully saturated rings. The smallest absolute Gasteiger partial charge is 0.202 e. The third-order valence-electron chi connectivity index (χ3n) is 3.03. The van der Waals surface area contributed by atoms with Crippen LogP contribution in [-0.2, 0) is 13.0 Å². The van der Waals surface area contributed by atoms with E-state index in [1.807, 2.05) is 0 Å². The Morgan fingerprint density at radius 2 is 1.95 bits per heavy atom. The molecular formula is C15H21N3S. The van der Waals surface area contributed by atoms with E-state index in [0.717, 1.165) is 30.3 Å². The van der Waals surface area contributed by atoms with Crippen LogP contribution >= 0.6 is 11.5 Å². The fourth-order valence-corrected chi connectivity index (χ4v) is 2.46. The van der Waals surface area contributed by atoms with Crippen LogP contribution in [0.5, 0.6) is 0 Å². The fraction of sp³-hybridized carbons (Fsp3) is 0.467. The second-order valence-corrected chi connectivity index (χ2v) is 5.77. The number of aromatic nitrogens is 2. The van der Waals surface area contributed by atoms with Crippen LogP contribution in [-0.4, -0.2) is 9.36 Å². The van der Waals surface area contributed by atoms with Crippen LogP contribution in [0.3, 0.4) is 0 Å². The first-order valence-corrected chi connectivity index (χ1v) is 7.61. The number of nitrogens with zero attached hydrogens (tertiary/aromatic N) is 2. The molecule has 0 radical (unpaired) electrons. The minimum absolute atomic E-state index is 0.585. The van der Waals surface area contributed by atoms with Gasteiger partial charge in [-0.1, -0.05) is 45.0 Å². The number of hydrogen-bond donors (Lipinski definition) is 1. The number of rotatable bonds is 6. The third-order valence-corrected chi connectivity index (χ3v) is 3.74. The van der Waals surface area contributed by atoms with Crippen LogP contribution in [0.1, 0.15) is 50.1 Å². The largest absolute Gasteiger partial charge is 0.356 e. The van der Waals surface area contributed by atoms with Crippen molar-refractivity contribution < 1.29 is 0 Å². The highest BCUT2D eigenvalue weighted by Crippen LogP contribution is 2.17. The summed E-state index contributed by atoms with van der Waals surface area (Å²) in [6, 6.07) is 8.75. The van der Waals surface area contributed by atoms with Crippen molar-refractivity contribution in [2.24, 2.45) is 0 Å². The van der Waals surface area contributed by atoms with Crippen LogP contribution in [0.4, 0.5) is 5.13 Å². The van der Waals surface area contributed by atoms with Crippen molar-refractivity contribution in [3.63, 3.8) is 0 Å². The zero-order chi connectivity index (χ0) is 13.7. The Hall–Kier alpha value is -1.42. The third kappa shape index (κ3) is 4.03. The SMILES string of the molecule is CCCc1nsc(NCc2ccc(C(C)C)cc2)n1. The Balaban J connectivity index is 1.90. The summed E-state index contributed by atoms with van der Waals surface area (Å²) >= 11 is 1.44. The molecule has 3 nitrogen and oxygen atoms in total. The minimum atomic E-state index is 0.585. The van der Waals surface area contributed by atoms with Gasteiger partial charge in [0.1, 0.15) is 5.82 Å². The molecule has 1 aromatic carbocycles. The van der Waals surface area contributed by atoms with Gasteiger partial charge in [-0.25, -0.2) is 4.98 Å². The highest BCUT2D eigenvalue weighted by molar-refractivity contribution is 7.09. The van der Waals surface area contributed by atoms with Gasteiger partial charge in [-0.2, -0.15) is 4.37 Å². The molecule has 1 aromatic heterocycles. The number of anilines is 1. The second kappa shape index (κ2) is 6.66. The molecule has 0 aliphatic rings. The molecule has 0 spiro atoms. The Kier molecular flexibility index (Phi) is 4.91. The van der Waals surface area contributed by atoms with Gasteiger partial charge in [0, 0.05) is 24.5 Å². The molecule has 0 saturated heterocycles.